The van der Waals surface area contributed by atoms with Gasteiger partial charge in [-0.25, -0.2) is 9.59 Å². The first kappa shape index (κ1) is 22.9. The first-order valence-corrected chi connectivity index (χ1v) is 7.33. The molecule has 2 atom stereocenters. The van der Waals surface area contributed by atoms with Crippen molar-refractivity contribution in [2.75, 3.05) is 14.2 Å². The molecule has 0 bridgehead atoms. The molecule has 0 amide bonds. The van der Waals surface area contributed by atoms with E-state index in [2.05, 4.69) is 0 Å². The van der Waals surface area contributed by atoms with Gasteiger partial charge >= 0.3 is 11.9 Å². The number of carbonyl (C=O) groups is 2. The lowest BCUT2D eigenvalue weighted by atomic mass is 10.2. The van der Waals surface area contributed by atoms with Gasteiger partial charge in [0.25, 0.3) is 0 Å². The molecule has 0 aliphatic heterocycles. The largest absolute Gasteiger partial charge is 0.497 e. The van der Waals surface area contributed by atoms with Gasteiger partial charge in [0.05, 0.1) is 14.2 Å². The lowest BCUT2D eigenvalue weighted by molar-refractivity contribution is -0.165. The standard InChI is InChI=1S/2C7H8O.C4H6O6/c2*1-8-7-5-3-2-4-6-7;5-1(3(7)8)2(6)4(9)10/h2*2-6H,1H3;1-2,5-6H,(H,7,8)(H,9,10). The molecule has 8 nitrogen and oxygen atoms in total. The van der Waals surface area contributed by atoms with Crippen LogP contribution >= 0.6 is 0 Å². The van der Waals surface area contributed by atoms with E-state index >= 15 is 0 Å². The van der Waals surface area contributed by atoms with Crippen LogP contribution in [0.5, 0.6) is 11.5 Å². The van der Waals surface area contributed by atoms with Gasteiger partial charge in [0.2, 0.25) is 0 Å². The number of methoxy groups -OCH3 is 2. The number of aliphatic hydroxyl groups is 2. The van der Waals surface area contributed by atoms with E-state index in [-0.39, 0.29) is 0 Å². The van der Waals surface area contributed by atoms with Crippen molar-refractivity contribution in [2.45, 2.75) is 12.2 Å². The highest BCUT2D eigenvalue weighted by atomic mass is 16.5. The Morgan fingerprint density at radius 3 is 1.12 bits per heavy atom. The lowest BCUT2D eigenvalue weighted by Gasteiger charge is -2.07. The summed E-state index contributed by atoms with van der Waals surface area (Å²) in [6.45, 7) is 0. The summed E-state index contributed by atoms with van der Waals surface area (Å²) in [6.07, 6.45) is -4.53. The third kappa shape index (κ3) is 9.91. The van der Waals surface area contributed by atoms with E-state index in [1.165, 1.54) is 0 Å². The summed E-state index contributed by atoms with van der Waals surface area (Å²) in [5.41, 5.74) is 0. The number of aliphatic hydroxyl groups excluding tert-OH is 2. The number of benzene rings is 2. The second-order valence-corrected chi connectivity index (χ2v) is 4.60. The van der Waals surface area contributed by atoms with Gasteiger partial charge in [0.1, 0.15) is 11.5 Å². The summed E-state index contributed by atoms with van der Waals surface area (Å²) in [4.78, 5) is 19.5. The molecule has 4 N–H and O–H groups in total. The van der Waals surface area contributed by atoms with E-state index in [1.807, 2.05) is 60.7 Å². The molecule has 0 fully saturated rings. The number of hydrogen-bond acceptors (Lipinski definition) is 6. The molecule has 0 aliphatic rings. The normalized spacial score (nSPS) is 11.4. The summed E-state index contributed by atoms with van der Waals surface area (Å²) < 4.78 is 9.83. The average Bonchev–Trinajstić information content (AvgIpc) is 2.68. The number of hydrogen-bond donors (Lipinski definition) is 4. The van der Waals surface area contributed by atoms with Crippen molar-refractivity contribution in [3.63, 3.8) is 0 Å². The highest BCUT2D eigenvalue weighted by molar-refractivity contribution is 5.83. The number of carboxylic acids is 2. The minimum atomic E-state index is -2.27. The zero-order chi connectivity index (χ0) is 19.9. The first-order chi connectivity index (χ1) is 12.3. The van der Waals surface area contributed by atoms with Gasteiger partial charge in [-0.1, -0.05) is 36.4 Å². The Hall–Kier alpha value is -3.10. The zero-order valence-corrected chi connectivity index (χ0v) is 14.4. The summed E-state index contributed by atoms with van der Waals surface area (Å²) in [7, 11) is 3.32. The molecule has 0 aliphatic carbocycles. The van der Waals surface area contributed by atoms with Crippen LogP contribution in [0.4, 0.5) is 0 Å². The van der Waals surface area contributed by atoms with E-state index in [1.54, 1.807) is 14.2 Å². The van der Waals surface area contributed by atoms with Crippen LogP contribution in [0, 0.1) is 0 Å². The molecule has 0 saturated carbocycles. The van der Waals surface area contributed by atoms with Crippen molar-refractivity contribution in [3.05, 3.63) is 60.7 Å². The maximum atomic E-state index is 9.77. The number of ether oxygens (including phenoxy) is 2. The Kier molecular flexibility index (Phi) is 11.6. The summed E-state index contributed by atoms with van der Waals surface area (Å²) in [5.74, 6) is -1.72. The molecule has 2 rings (SSSR count). The molecule has 0 radical (unpaired) electrons. The monoisotopic (exact) mass is 366 g/mol. The van der Waals surface area contributed by atoms with Gasteiger partial charge in [0.15, 0.2) is 12.2 Å². The van der Waals surface area contributed by atoms with Crippen LogP contribution in [0.15, 0.2) is 60.7 Å². The Labute approximate surface area is 150 Å². The topological polar surface area (TPSA) is 134 Å². The van der Waals surface area contributed by atoms with E-state index in [0.717, 1.165) is 11.5 Å². The minimum absolute atomic E-state index is 0.910. The van der Waals surface area contributed by atoms with E-state index in [9.17, 15) is 9.59 Å². The van der Waals surface area contributed by atoms with Gasteiger partial charge in [-0.2, -0.15) is 0 Å². The molecule has 2 unspecified atom stereocenters. The number of para-hydroxylation sites is 2. The van der Waals surface area contributed by atoms with Crippen molar-refractivity contribution in [3.8, 4) is 11.5 Å². The summed E-state index contributed by atoms with van der Waals surface area (Å²) in [5, 5.41) is 32.5. The van der Waals surface area contributed by atoms with Crippen molar-refractivity contribution in [2.24, 2.45) is 0 Å². The second kappa shape index (κ2) is 13.2. The maximum absolute atomic E-state index is 9.77. The SMILES string of the molecule is COc1ccccc1.COc1ccccc1.O=C(O)C(O)C(O)C(=O)O. The molecule has 0 aromatic heterocycles. The van der Waals surface area contributed by atoms with Crippen LogP contribution < -0.4 is 9.47 Å². The van der Waals surface area contributed by atoms with Crippen LogP contribution in [0.25, 0.3) is 0 Å². The Balaban J connectivity index is 0.000000363. The second-order valence-electron chi connectivity index (χ2n) is 4.60. The van der Waals surface area contributed by atoms with Crippen LogP contribution in [-0.2, 0) is 9.59 Å². The Morgan fingerprint density at radius 1 is 0.692 bits per heavy atom. The lowest BCUT2D eigenvalue weighted by Crippen LogP contribution is -2.39. The highest BCUT2D eigenvalue weighted by Crippen LogP contribution is 2.06. The van der Waals surface area contributed by atoms with Crippen LogP contribution in [-0.4, -0.2) is 58.8 Å². The molecule has 2 aromatic carbocycles. The van der Waals surface area contributed by atoms with Gasteiger partial charge < -0.3 is 29.9 Å². The molecule has 0 spiro atoms. The molecular formula is C18H22O8. The molecule has 8 heteroatoms. The molecule has 142 valence electrons. The van der Waals surface area contributed by atoms with E-state index in [4.69, 9.17) is 29.9 Å². The quantitative estimate of drug-likeness (QED) is 0.622. The average molecular weight is 366 g/mol. The fourth-order valence-electron chi connectivity index (χ4n) is 1.38. The molecule has 2 aromatic rings. The maximum Gasteiger partial charge on any atom is 0.335 e. The summed E-state index contributed by atoms with van der Waals surface area (Å²) >= 11 is 0. The zero-order valence-electron chi connectivity index (χ0n) is 14.4. The molecule has 0 saturated heterocycles. The van der Waals surface area contributed by atoms with E-state index < -0.39 is 24.1 Å². The summed E-state index contributed by atoms with van der Waals surface area (Å²) in [6, 6.07) is 19.4. The number of carboxylic acid groups (broad SMARTS) is 2. The third-order valence-corrected chi connectivity index (χ3v) is 2.76. The van der Waals surface area contributed by atoms with Gasteiger partial charge in [-0.15, -0.1) is 0 Å². The fourth-order valence-corrected chi connectivity index (χ4v) is 1.38. The van der Waals surface area contributed by atoms with E-state index in [0.29, 0.717) is 0 Å². The van der Waals surface area contributed by atoms with Gasteiger partial charge in [-0.05, 0) is 24.3 Å². The molecular weight excluding hydrogens is 344 g/mol. The van der Waals surface area contributed by atoms with Crippen molar-refractivity contribution in [1.29, 1.82) is 0 Å². The number of aliphatic carboxylic acids is 2. The van der Waals surface area contributed by atoms with Crippen molar-refractivity contribution >= 4 is 11.9 Å². The smallest absolute Gasteiger partial charge is 0.335 e. The number of rotatable bonds is 5. The van der Waals surface area contributed by atoms with Crippen LogP contribution in [0.1, 0.15) is 0 Å². The third-order valence-electron chi connectivity index (χ3n) is 2.76. The molecule has 0 heterocycles. The van der Waals surface area contributed by atoms with Gasteiger partial charge in [0, 0.05) is 0 Å². The van der Waals surface area contributed by atoms with Crippen molar-refractivity contribution < 1.29 is 39.5 Å². The van der Waals surface area contributed by atoms with Gasteiger partial charge in [-0.3, -0.25) is 0 Å². The van der Waals surface area contributed by atoms with Crippen LogP contribution in [0.2, 0.25) is 0 Å². The predicted octanol–water partition coefficient (Wildman–Crippen LogP) is 1.27. The highest BCUT2D eigenvalue weighted by Gasteiger charge is 2.29. The molecule has 26 heavy (non-hydrogen) atoms. The van der Waals surface area contributed by atoms with Crippen molar-refractivity contribution in [1.82, 2.24) is 0 Å². The fraction of sp³-hybridized carbons (Fsp3) is 0.222. The van der Waals surface area contributed by atoms with Crippen LogP contribution in [0.3, 0.4) is 0 Å². The first-order valence-electron chi connectivity index (χ1n) is 7.33. The minimum Gasteiger partial charge on any atom is -0.497 e. The Morgan fingerprint density at radius 2 is 0.962 bits per heavy atom. The predicted molar refractivity (Wildman–Crippen MR) is 93.3 cm³/mol. The Bertz CT molecular complexity index is 573.